The van der Waals surface area contributed by atoms with Gasteiger partial charge in [-0.1, -0.05) is 48.3 Å². The van der Waals surface area contributed by atoms with Crippen molar-refractivity contribution < 1.29 is 4.79 Å². The molecule has 1 aromatic carbocycles. The van der Waals surface area contributed by atoms with Crippen LogP contribution < -0.4 is 5.32 Å². The molecule has 0 saturated heterocycles. The maximum atomic E-state index is 12.3. The van der Waals surface area contributed by atoms with Gasteiger partial charge in [0.05, 0.1) is 21.5 Å². The number of halogens is 2. The normalized spacial score (nSPS) is 12.0. The molecule has 0 saturated carbocycles. The van der Waals surface area contributed by atoms with E-state index in [1.54, 1.807) is 24.5 Å². The fourth-order valence-corrected chi connectivity index (χ4v) is 3.91. The molecular weight excluding hydrogens is 429 g/mol. The van der Waals surface area contributed by atoms with Gasteiger partial charge in [-0.05, 0) is 43.7 Å². The average molecular weight is 450 g/mol. The predicted octanol–water partition coefficient (Wildman–Crippen LogP) is 5.03. The first-order valence-corrected chi connectivity index (χ1v) is 11.0. The maximum absolute atomic E-state index is 12.3. The number of hydrogen-bond donors (Lipinski definition) is 1. The number of nitrogens with one attached hydrogen (secondary N) is 1. The molecule has 2 aromatic heterocycles. The highest BCUT2D eigenvalue weighted by molar-refractivity contribution is 7.99. The third-order valence-electron chi connectivity index (χ3n) is 4.18. The Morgan fingerprint density at radius 1 is 1.24 bits per heavy atom. The standard InChI is InChI=1S/C20H21Cl2N5OS/c1-3-5-13(2)24-18(28)12-29-20-26-25-19(14-6-4-9-23-11-14)27(20)15-7-8-16(21)17(22)10-15/h4,6-11,13H,3,5,12H2,1-2H3,(H,24,28). The lowest BCUT2D eigenvalue weighted by molar-refractivity contribution is -0.119. The van der Waals surface area contributed by atoms with E-state index in [0.717, 1.165) is 24.1 Å². The number of amides is 1. The second-order valence-corrected chi connectivity index (χ2v) is 8.28. The van der Waals surface area contributed by atoms with Crippen molar-refractivity contribution in [1.82, 2.24) is 25.1 Å². The molecule has 0 aliphatic rings. The van der Waals surface area contributed by atoms with Crippen LogP contribution in [0.25, 0.3) is 17.1 Å². The molecule has 1 unspecified atom stereocenters. The van der Waals surface area contributed by atoms with Crippen molar-refractivity contribution in [3.8, 4) is 17.1 Å². The number of carbonyl (C=O) groups is 1. The number of thioether (sulfide) groups is 1. The van der Waals surface area contributed by atoms with Gasteiger partial charge in [0.2, 0.25) is 5.91 Å². The van der Waals surface area contributed by atoms with Gasteiger partial charge in [-0.2, -0.15) is 0 Å². The molecule has 0 aliphatic heterocycles. The summed E-state index contributed by atoms with van der Waals surface area (Å²) < 4.78 is 1.85. The van der Waals surface area contributed by atoms with E-state index < -0.39 is 0 Å². The molecular formula is C20H21Cl2N5OS. The molecule has 3 aromatic rings. The van der Waals surface area contributed by atoms with E-state index in [2.05, 4.69) is 27.4 Å². The van der Waals surface area contributed by atoms with Gasteiger partial charge in [-0.15, -0.1) is 10.2 Å². The Balaban J connectivity index is 1.90. The zero-order valence-electron chi connectivity index (χ0n) is 16.1. The van der Waals surface area contributed by atoms with E-state index in [0.29, 0.717) is 21.0 Å². The maximum Gasteiger partial charge on any atom is 0.230 e. The van der Waals surface area contributed by atoms with E-state index >= 15 is 0 Å². The molecule has 9 heteroatoms. The lowest BCUT2D eigenvalue weighted by Gasteiger charge is -2.13. The second kappa shape index (κ2) is 10.1. The summed E-state index contributed by atoms with van der Waals surface area (Å²) in [5.41, 5.74) is 1.56. The highest BCUT2D eigenvalue weighted by Gasteiger charge is 2.18. The van der Waals surface area contributed by atoms with Crippen molar-refractivity contribution in [2.45, 2.75) is 37.9 Å². The third kappa shape index (κ3) is 5.50. The van der Waals surface area contributed by atoms with Crippen molar-refractivity contribution in [3.05, 3.63) is 52.8 Å². The van der Waals surface area contributed by atoms with Crippen LogP contribution in [0, 0.1) is 0 Å². The molecule has 29 heavy (non-hydrogen) atoms. The van der Waals surface area contributed by atoms with Crippen LogP contribution in [-0.4, -0.2) is 37.5 Å². The topological polar surface area (TPSA) is 72.7 Å². The number of carbonyl (C=O) groups excluding carboxylic acids is 1. The fourth-order valence-electron chi connectivity index (χ4n) is 2.85. The quantitative estimate of drug-likeness (QED) is 0.487. The van der Waals surface area contributed by atoms with E-state index in [4.69, 9.17) is 23.2 Å². The number of benzene rings is 1. The highest BCUT2D eigenvalue weighted by Crippen LogP contribution is 2.31. The monoisotopic (exact) mass is 449 g/mol. The number of rotatable bonds is 8. The molecule has 0 bridgehead atoms. The third-order valence-corrected chi connectivity index (χ3v) is 5.84. The zero-order valence-corrected chi connectivity index (χ0v) is 18.4. The Morgan fingerprint density at radius 2 is 2.07 bits per heavy atom. The van der Waals surface area contributed by atoms with Crippen LogP contribution in [0.3, 0.4) is 0 Å². The summed E-state index contributed by atoms with van der Waals surface area (Å²) in [7, 11) is 0. The molecule has 0 radical (unpaired) electrons. The number of pyridine rings is 1. The number of hydrogen-bond acceptors (Lipinski definition) is 5. The predicted molar refractivity (Wildman–Crippen MR) is 118 cm³/mol. The van der Waals surface area contributed by atoms with Gasteiger partial charge in [0.15, 0.2) is 11.0 Å². The van der Waals surface area contributed by atoms with Crippen molar-refractivity contribution in [3.63, 3.8) is 0 Å². The Morgan fingerprint density at radius 3 is 2.76 bits per heavy atom. The molecule has 1 amide bonds. The molecule has 0 aliphatic carbocycles. The molecule has 1 N–H and O–H groups in total. The summed E-state index contributed by atoms with van der Waals surface area (Å²) in [6, 6.07) is 9.19. The van der Waals surface area contributed by atoms with Crippen LogP contribution in [0.5, 0.6) is 0 Å². The Hall–Kier alpha value is -2.09. The number of nitrogens with zero attached hydrogens (tertiary/aromatic N) is 4. The summed E-state index contributed by atoms with van der Waals surface area (Å²) in [4.78, 5) is 16.4. The second-order valence-electron chi connectivity index (χ2n) is 6.53. The Bertz CT molecular complexity index is 980. The molecule has 0 spiro atoms. The lowest BCUT2D eigenvalue weighted by atomic mass is 10.2. The van der Waals surface area contributed by atoms with Gasteiger partial charge in [0.25, 0.3) is 0 Å². The van der Waals surface area contributed by atoms with Crippen molar-refractivity contribution in [2.75, 3.05) is 5.75 Å². The Labute approximate surface area is 184 Å². The minimum atomic E-state index is -0.0393. The van der Waals surface area contributed by atoms with Gasteiger partial charge in [0.1, 0.15) is 0 Å². The summed E-state index contributed by atoms with van der Waals surface area (Å²) in [5, 5.41) is 13.1. The van der Waals surface area contributed by atoms with Crippen LogP contribution in [0.1, 0.15) is 26.7 Å². The van der Waals surface area contributed by atoms with E-state index in [1.165, 1.54) is 11.8 Å². The van der Waals surface area contributed by atoms with E-state index in [1.807, 2.05) is 29.7 Å². The first-order valence-electron chi connectivity index (χ1n) is 9.23. The molecule has 0 fully saturated rings. The van der Waals surface area contributed by atoms with Crippen LogP contribution in [0.4, 0.5) is 0 Å². The van der Waals surface area contributed by atoms with E-state index in [9.17, 15) is 4.79 Å². The Kier molecular flexibility index (Phi) is 7.52. The van der Waals surface area contributed by atoms with Gasteiger partial charge in [-0.25, -0.2) is 0 Å². The average Bonchev–Trinajstić information content (AvgIpc) is 3.13. The SMILES string of the molecule is CCCC(C)NC(=O)CSc1nnc(-c2cccnc2)n1-c1ccc(Cl)c(Cl)c1. The fraction of sp³-hybridized carbons (Fsp3) is 0.300. The van der Waals surface area contributed by atoms with Crippen molar-refractivity contribution >= 4 is 40.9 Å². The molecule has 3 rings (SSSR count). The summed E-state index contributed by atoms with van der Waals surface area (Å²) >= 11 is 13.6. The van der Waals surface area contributed by atoms with Crippen LogP contribution >= 0.6 is 35.0 Å². The summed E-state index contributed by atoms with van der Waals surface area (Å²) in [5.74, 6) is 0.807. The molecule has 2 heterocycles. The van der Waals surface area contributed by atoms with Crippen LogP contribution in [0.15, 0.2) is 47.9 Å². The van der Waals surface area contributed by atoms with Crippen LogP contribution in [0.2, 0.25) is 10.0 Å². The van der Waals surface area contributed by atoms with Crippen LogP contribution in [-0.2, 0) is 4.79 Å². The van der Waals surface area contributed by atoms with Crippen molar-refractivity contribution in [2.24, 2.45) is 0 Å². The smallest absolute Gasteiger partial charge is 0.230 e. The van der Waals surface area contributed by atoms with Gasteiger partial charge in [0, 0.05) is 24.0 Å². The minimum Gasteiger partial charge on any atom is -0.353 e. The minimum absolute atomic E-state index is 0.0393. The summed E-state index contributed by atoms with van der Waals surface area (Å²) in [6.45, 7) is 4.10. The van der Waals surface area contributed by atoms with E-state index in [-0.39, 0.29) is 17.7 Å². The largest absolute Gasteiger partial charge is 0.353 e. The van der Waals surface area contributed by atoms with Gasteiger partial charge >= 0.3 is 0 Å². The molecule has 6 nitrogen and oxygen atoms in total. The van der Waals surface area contributed by atoms with Gasteiger partial charge in [-0.3, -0.25) is 14.3 Å². The summed E-state index contributed by atoms with van der Waals surface area (Å²) in [6.07, 6.45) is 5.38. The zero-order chi connectivity index (χ0) is 20.8. The molecule has 152 valence electrons. The van der Waals surface area contributed by atoms with Crippen molar-refractivity contribution in [1.29, 1.82) is 0 Å². The highest BCUT2D eigenvalue weighted by atomic mass is 35.5. The first kappa shape index (κ1) is 21.6. The lowest BCUT2D eigenvalue weighted by Crippen LogP contribution is -2.33. The first-order chi connectivity index (χ1) is 14.0. The number of aromatic nitrogens is 4. The van der Waals surface area contributed by atoms with Gasteiger partial charge < -0.3 is 5.32 Å². The molecule has 1 atom stereocenters.